The van der Waals surface area contributed by atoms with Crippen molar-refractivity contribution in [2.45, 2.75) is 20.8 Å². The van der Waals surface area contributed by atoms with Crippen molar-refractivity contribution in [1.29, 1.82) is 0 Å². The lowest BCUT2D eigenvalue weighted by atomic mass is 10.2. The zero-order valence-electron chi connectivity index (χ0n) is 9.99. The minimum atomic E-state index is -0.355. The summed E-state index contributed by atoms with van der Waals surface area (Å²) in [5.41, 5.74) is 0.935. The van der Waals surface area contributed by atoms with E-state index in [1.807, 2.05) is 32.9 Å². The second-order valence-electron chi connectivity index (χ2n) is 2.24. The van der Waals surface area contributed by atoms with Gasteiger partial charge in [-0.05, 0) is 18.6 Å². The van der Waals surface area contributed by atoms with Crippen molar-refractivity contribution in [2.24, 2.45) is 0 Å². The number of carbonyl (C=O) groups excluding carboxylic acids is 1. The zero-order valence-corrected chi connectivity index (χ0v) is 9.99. The molecular weight excluding hydrogens is 188 g/mol. The Kier molecular flexibility index (Phi) is 13.2. The van der Waals surface area contributed by atoms with E-state index in [0.717, 1.165) is 5.57 Å². The van der Waals surface area contributed by atoms with Gasteiger partial charge in [0.05, 0.1) is 7.11 Å². The van der Waals surface area contributed by atoms with Gasteiger partial charge in [0, 0.05) is 6.08 Å². The van der Waals surface area contributed by atoms with Gasteiger partial charge in [-0.2, -0.15) is 0 Å². The van der Waals surface area contributed by atoms with E-state index >= 15 is 0 Å². The van der Waals surface area contributed by atoms with Gasteiger partial charge in [0.1, 0.15) is 0 Å². The van der Waals surface area contributed by atoms with E-state index in [1.54, 1.807) is 18.2 Å². The van der Waals surface area contributed by atoms with Gasteiger partial charge in [0.25, 0.3) is 0 Å². The molecule has 0 rings (SSSR count). The van der Waals surface area contributed by atoms with Gasteiger partial charge in [0.15, 0.2) is 0 Å². The predicted octanol–water partition coefficient (Wildman–Crippen LogP) is 3.43. The first-order chi connectivity index (χ1) is 7.24. The lowest BCUT2D eigenvalue weighted by Gasteiger charge is -1.91. The van der Waals surface area contributed by atoms with Gasteiger partial charge in [-0.3, -0.25) is 0 Å². The molecule has 0 aliphatic heterocycles. The second-order valence-corrected chi connectivity index (χ2v) is 2.24. The van der Waals surface area contributed by atoms with Crippen LogP contribution < -0.4 is 0 Å². The Morgan fingerprint density at radius 1 is 1.20 bits per heavy atom. The normalized spacial score (nSPS) is 11.1. The molecule has 0 aromatic heterocycles. The molecule has 0 bridgehead atoms. The fraction of sp³-hybridized carbons (Fsp3) is 0.308. The summed E-state index contributed by atoms with van der Waals surface area (Å²) in [6.45, 7) is 9.44. The van der Waals surface area contributed by atoms with Crippen LogP contribution in [0.25, 0.3) is 0 Å². The van der Waals surface area contributed by atoms with Crippen LogP contribution in [0.15, 0.2) is 48.6 Å². The van der Waals surface area contributed by atoms with Gasteiger partial charge in [0.2, 0.25) is 0 Å². The van der Waals surface area contributed by atoms with Crippen molar-refractivity contribution in [3.63, 3.8) is 0 Å². The molecule has 0 fully saturated rings. The molecule has 0 aliphatic carbocycles. The van der Waals surface area contributed by atoms with Crippen LogP contribution in [0.4, 0.5) is 0 Å². The third-order valence-electron chi connectivity index (χ3n) is 1.37. The number of ether oxygens (including phenoxy) is 1. The molecule has 0 spiro atoms. The summed E-state index contributed by atoms with van der Waals surface area (Å²) in [7, 11) is 1.35. The van der Waals surface area contributed by atoms with E-state index in [0.29, 0.717) is 0 Å². The fourth-order valence-corrected chi connectivity index (χ4v) is 0.659. The Labute approximate surface area is 92.6 Å². The Balaban J connectivity index is 0. The van der Waals surface area contributed by atoms with Crippen LogP contribution in [0.1, 0.15) is 20.8 Å². The number of esters is 1. The van der Waals surface area contributed by atoms with Crippen LogP contribution in [0, 0.1) is 0 Å². The molecule has 0 radical (unpaired) electrons. The molecule has 0 amide bonds. The van der Waals surface area contributed by atoms with E-state index in [9.17, 15) is 4.79 Å². The number of methoxy groups -OCH3 is 1. The SMILES string of the molecule is C=C\C=C/C(/C=C/C(=O)OC)=C\C.CC. The van der Waals surface area contributed by atoms with Crippen molar-refractivity contribution in [3.05, 3.63) is 48.6 Å². The summed E-state index contributed by atoms with van der Waals surface area (Å²) in [6.07, 6.45) is 10.3. The Bertz CT molecular complexity index is 258. The van der Waals surface area contributed by atoms with E-state index in [2.05, 4.69) is 11.3 Å². The van der Waals surface area contributed by atoms with Crippen LogP contribution in [-0.4, -0.2) is 13.1 Å². The number of carbonyl (C=O) groups is 1. The second kappa shape index (κ2) is 12.4. The topological polar surface area (TPSA) is 26.3 Å². The molecule has 0 aromatic rings. The van der Waals surface area contributed by atoms with Gasteiger partial charge < -0.3 is 4.74 Å². The number of hydrogen-bond acceptors (Lipinski definition) is 2. The summed E-state index contributed by atoms with van der Waals surface area (Å²) >= 11 is 0. The summed E-state index contributed by atoms with van der Waals surface area (Å²) in [4.78, 5) is 10.7. The largest absolute Gasteiger partial charge is 0.466 e. The van der Waals surface area contributed by atoms with Crippen molar-refractivity contribution >= 4 is 5.97 Å². The molecule has 0 N–H and O–H groups in total. The van der Waals surface area contributed by atoms with Gasteiger partial charge in [-0.25, -0.2) is 4.79 Å². The van der Waals surface area contributed by atoms with E-state index in [1.165, 1.54) is 13.2 Å². The van der Waals surface area contributed by atoms with Crippen LogP contribution >= 0.6 is 0 Å². The first kappa shape index (κ1) is 15.9. The Hall–Kier alpha value is -1.57. The van der Waals surface area contributed by atoms with Crippen LogP contribution in [-0.2, 0) is 9.53 Å². The molecule has 15 heavy (non-hydrogen) atoms. The van der Waals surface area contributed by atoms with Crippen molar-refractivity contribution in [1.82, 2.24) is 0 Å². The van der Waals surface area contributed by atoms with Crippen molar-refractivity contribution in [2.75, 3.05) is 7.11 Å². The Morgan fingerprint density at radius 2 is 1.80 bits per heavy atom. The number of hydrogen-bond donors (Lipinski definition) is 0. The highest BCUT2D eigenvalue weighted by molar-refractivity contribution is 5.82. The highest BCUT2D eigenvalue weighted by Gasteiger charge is 1.90. The van der Waals surface area contributed by atoms with E-state index < -0.39 is 0 Å². The summed E-state index contributed by atoms with van der Waals surface area (Å²) in [6, 6.07) is 0. The molecule has 0 atom stereocenters. The summed E-state index contributed by atoms with van der Waals surface area (Å²) < 4.78 is 4.45. The van der Waals surface area contributed by atoms with E-state index in [4.69, 9.17) is 0 Å². The fourth-order valence-electron chi connectivity index (χ4n) is 0.659. The first-order valence-electron chi connectivity index (χ1n) is 4.96. The maximum absolute atomic E-state index is 10.7. The predicted molar refractivity (Wildman–Crippen MR) is 65.6 cm³/mol. The minimum Gasteiger partial charge on any atom is -0.466 e. The van der Waals surface area contributed by atoms with Crippen molar-refractivity contribution < 1.29 is 9.53 Å². The smallest absolute Gasteiger partial charge is 0.330 e. The maximum Gasteiger partial charge on any atom is 0.330 e. The van der Waals surface area contributed by atoms with Crippen LogP contribution in [0.5, 0.6) is 0 Å². The molecule has 0 unspecified atom stereocenters. The average Bonchev–Trinajstić information content (AvgIpc) is 2.31. The standard InChI is InChI=1S/C11H14O2.C2H6/c1-4-6-7-10(5-2)8-9-11(12)13-3;1-2/h4-9H,1H2,2-3H3;1-2H3/b7-6-,9-8+,10-5+;. The molecule has 2 heteroatoms. The molecule has 84 valence electrons. The van der Waals surface area contributed by atoms with Crippen LogP contribution in [0.2, 0.25) is 0 Å². The highest BCUT2D eigenvalue weighted by Crippen LogP contribution is 1.99. The monoisotopic (exact) mass is 208 g/mol. The van der Waals surface area contributed by atoms with Crippen LogP contribution in [0.3, 0.4) is 0 Å². The lowest BCUT2D eigenvalue weighted by molar-refractivity contribution is -0.134. The average molecular weight is 208 g/mol. The molecule has 0 aliphatic rings. The molecule has 0 saturated carbocycles. The molecule has 0 saturated heterocycles. The molecule has 0 aromatic carbocycles. The van der Waals surface area contributed by atoms with Crippen molar-refractivity contribution in [3.8, 4) is 0 Å². The zero-order chi connectivity index (χ0) is 12.1. The van der Waals surface area contributed by atoms with E-state index in [-0.39, 0.29) is 5.97 Å². The molecule has 0 heterocycles. The number of allylic oxidation sites excluding steroid dienone is 6. The number of rotatable bonds is 4. The first-order valence-corrected chi connectivity index (χ1v) is 4.96. The summed E-state index contributed by atoms with van der Waals surface area (Å²) in [5, 5.41) is 0. The van der Waals surface area contributed by atoms with Gasteiger partial charge in [-0.15, -0.1) is 0 Å². The third-order valence-corrected chi connectivity index (χ3v) is 1.37. The lowest BCUT2D eigenvalue weighted by Crippen LogP contribution is -1.93. The molecule has 2 nitrogen and oxygen atoms in total. The maximum atomic E-state index is 10.7. The van der Waals surface area contributed by atoms with Gasteiger partial charge in [-0.1, -0.05) is 44.7 Å². The summed E-state index contributed by atoms with van der Waals surface area (Å²) in [5.74, 6) is -0.355. The molecular formula is C13H20O2. The highest BCUT2D eigenvalue weighted by atomic mass is 16.5. The minimum absolute atomic E-state index is 0.355. The quantitative estimate of drug-likeness (QED) is 0.402. The third kappa shape index (κ3) is 10.4. The van der Waals surface area contributed by atoms with Gasteiger partial charge >= 0.3 is 5.97 Å². The Morgan fingerprint density at radius 3 is 2.20 bits per heavy atom.